The van der Waals surface area contributed by atoms with E-state index in [1.54, 1.807) is 31.5 Å². The molecular weight excluding hydrogens is 350 g/mol. The molecule has 1 unspecified atom stereocenters. The fourth-order valence-corrected chi connectivity index (χ4v) is 2.50. The predicted molar refractivity (Wildman–Crippen MR) is 101 cm³/mol. The molecule has 1 saturated heterocycles. The van der Waals surface area contributed by atoms with Gasteiger partial charge in [-0.25, -0.2) is 9.78 Å². The second-order valence-electron chi connectivity index (χ2n) is 5.99. The largest absolute Gasteiger partial charge is 0.497 e. The number of amides is 2. The van der Waals surface area contributed by atoms with E-state index in [1.807, 2.05) is 6.92 Å². The van der Waals surface area contributed by atoms with Crippen molar-refractivity contribution in [3.8, 4) is 11.5 Å². The highest BCUT2D eigenvalue weighted by Crippen LogP contribution is 2.29. The number of hydrogen-bond donors (Lipinski definition) is 3. The molecule has 1 aromatic heterocycles. The Morgan fingerprint density at radius 3 is 2.93 bits per heavy atom. The number of aromatic nitrogens is 2. The summed E-state index contributed by atoms with van der Waals surface area (Å²) in [6.45, 7) is 4.42. The minimum atomic E-state index is -0.457. The fourth-order valence-electron chi connectivity index (χ4n) is 2.50. The molecule has 9 heteroatoms. The van der Waals surface area contributed by atoms with Gasteiger partial charge in [0.2, 0.25) is 0 Å². The molecule has 0 aliphatic carbocycles. The van der Waals surface area contributed by atoms with Crippen LogP contribution in [0.4, 0.5) is 16.3 Å². The van der Waals surface area contributed by atoms with Crippen molar-refractivity contribution in [2.24, 2.45) is 0 Å². The minimum Gasteiger partial charge on any atom is -0.497 e. The molecule has 0 bridgehead atoms. The highest BCUT2D eigenvalue weighted by molar-refractivity contribution is 6.00. The van der Waals surface area contributed by atoms with Gasteiger partial charge < -0.3 is 24.8 Å². The summed E-state index contributed by atoms with van der Waals surface area (Å²) in [5, 5.41) is 8.64. The topological polar surface area (TPSA) is 107 Å². The van der Waals surface area contributed by atoms with E-state index in [4.69, 9.17) is 14.2 Å². The third-order valence-corrected chi connectivity index (χ3v) is 3.89. The molecule has 1 fully saturated rings. The lowest BCUT2D eigenvalue weighted by Gasteiger charge is -2.24. The number of methoxy groups -OCH3 is 1. The van der Waals surface area contributed by atoms with Gasteiger partial charge >= 0.3 is 6.03 Å². The van der Waals surface area contributed by atoms with Gasteiger partial charge in [-0.1, -0.05) is 0 Å². The summed E-state index contributed by atoms with van der Waals surface area (Å²) >= 11 is 0. The zero-order valence-electron chi connectivity index (χ0n) is 15.3. The molecule has 27 heavy (non-hydrogen) atoms. The van der Waals surface area contributed by atoms with Crippen molar-refractivity contribution in [2.75, 3.05) is 44.0 Å². The third kappa shape index (κ3) is 5.53. The first kappa shape index (κ1) is 18.9. The zero-order valence-corrected chi connectivity index (χ0v) is 15.3. The molecule has 2 amide bonds. The van der Waals surface area contributed by atoms with Crippen LogP contribution in [0.2, 0.25) is 0 Å². The Hall–Kier alpha value is -2.91. The van der Waals surface area contributed by atoms with Gasteiger partial charge in [0.25, 0.3) is 0 Å². The van der Waals surface area contributed by atoms with E-state index in [-0.39, 0.29) is 6.10 Å². The number of carbonyl (C=O) groups is 1. The molecule has 2 aromatic rings. The van der Waals surface area contributed by atoms with Crippen molar-refractivity contribution >= 4 is 17.5 Å². The molecule has 1 aliphatic rings. The first-order chi connectivity index (χ1) is 13.1. The van der Waals surface area contributed by atoms with Crippen molar-refractivity contribution in [1.82, 2.24) is 15.3 Å². The van der Waals surface area contributed by atoms with Crippen LogP contribution >= 0.6 is 0 Å². The van der Waals surface area contributed by atoms with Crippen LogP contribution in [0.3, 0.4) is 0 Å². The van der Waals surface area contributed by atoms with E-state index in [1.165, 1.54) is 6.20 Å². The van der Waals surface area contributed by atoms with Crippen LogP contribution in [0.15, 0.2) is 30.6 Å². The van der Waals surface area contributed by atoms with Crippen LogP contribution in [0.25, 0.3) is 0 Å². The summed E-state index contributed by atoms with van der Waals surface area (Å²) in [5.41, 5.74) is 1.25. The SMILES string of the molecule is COc1ccc(OCC2CNCCO2)c(NC(=O)Nc2cnc(C)cn2)c1. The average Bonchev–Trinajstić information content (AvgIpc) is 2.69. The van der Waals surface area contributed by atoms with E-state index in [9.17, 15) is 4.79 Å². The van der Waals surface area contributed by atoms with E-state index >= 15 is 0 Å². The molecule has 0 spiro atoms. The minimum absolute atomic E-state index is 0.0367. The van der Waals surface area contributed by atoms with Crippen LogP contribution < -0.4 is 25.4 Å². The molecule has 1 aromatic carbocycles. The second kappa shape index (κ2) is 9.15. The number of carbonyl (C=O) groups excluding carboxylic acids is 1. The zero-order chi connectivity index (χ0) is 19.1. The Bertz CT molecular complexity index is 763. The monoisotopic (exact) mass is 373 g/mol. The van der Waals surface area contributed by atoms with Crippen LogP contribution in [0.5, 0.6) is 11.5 Å². The van der Waals surface area contributed by atoms with Crippen LogP contribution in [0.1, 0.15) is 5.69 Å². The molecule has 1 atom stereocenters. The number of morpholine rings is 1. The Balaban J connectivity index is 1.66. The highest BCUT2D eigenvalue weighted by atomic mass is 16.5. The van der Waals surface area contributed by atoms with Gasteiger partial charge in [0.15, 0.2) is 5.82 Å². The summed E-state index contributed by atoms with van der Waals surface area (Å²) in [6, 6.07) is 4.75. The maximum Gasteiger partial charge on any atom is 0.325 e. The molecule has 2 heterocycles. The number of nitrogens with one attached hydrogen (secondary N) is 3. The molecule has 9 nitrogen and oxygen atoms in total. The molecule has 144 valence electrons. The maximum absolute atomic E-state index is 12.3. The van der Waals surface area contributed by atoms with Gasteiger partial charge in [0, 0.05) is 19.2 Å². The predicted octanol–water partition coefficient (Wildman–Crippen LogP) is 1.80. The van der Waals surface area contributed by atoms with Crippen molar-refractivity contribution in [3.05, 3.63) is 36.3 Å². The molecule has 3 N–H and O–H groups in total. The van der Waals surface area contributed by atoms with Gasteiger partial charge in [-0.15, -0.1) is 0 Å². The third-order valence-electron chi connectivity index (χ3n) is 3.89. The van der Waals surface area contributed by atoms with Gasteiger partial charge in [-0.3, -0.25) is 10.3 Å². The normalized spacial score (nSPS) is 16.4. The summed E-state index contributed by atoms with van der Waals surface area (Å²) in [4.78, 5) is 20.5. The second-order valence-corrected chi connectivity index (χ2v) is 5.99. The summed E-state index contributed by atoms with van der Waals surface area (Å²) in [7, 11) is 1.56. The molecule has 3 rings (SSSR count). The van der Waals surface area contributed by atoms with Crippen molar-refractivity contribution in [2.45, 2.75) is 13.0 Å². The first-order valence-corrected chi connectivity index (χ1v) is 8.64. The Morgan fingerprint density at radius 1 is 1.33 bits per heavy atom. The number of aryl methyl sites for hydroxylation is 1. The van der Waals surface area contributed by atoms with E-state index in [0.29, 0.717) is 36.2 Å². The van der Waals surface area contributed by atoms with Crippen LogP contribution in [-0.4, -0.2) is 55.5 Å². The van der Waals surface area contributed by atoms with E-state index < -0.39 is 6.03 Å². The van der Waals surface area contributed by atoms with Crippen LogP contribution in [-0.2, 0) is 4.74 Å². The molecule has 1 aliphatic heterocycles. The highest BCUT2D eigenvalue weighted by Gasteiger charge is 2.16. The number of ether oxygens (including phenoxy) is 3. The van der Waals surface area contributed by atoms with E-state index in [0.717, 1.165) is 18.8 Å². The summed E-state index contributed by atoms with van der Waals surface area (Å²) in [6.07, 6.45) is 3.03. The summed E-state index contributed by atoms with van der Waals surface area (Å²) in [5.74, 6) is 1.48. The standard InChI is InChI=1S/C18H23N5O4/c1-12-8-21-17(10-20-12)23-18(24)22-15-7-13(25-2)3-4-16(15)27-11-14-9-19-5-6-26-14/h3-4,7-8,10,14,19H,5-6,9,11H2,1-2H3,(H2,21,22,23,24). The summed E-state index contributed by atoms with van der Waals surface area (Å²) < 4.78 is 16.7. The smallest absolute Gasteiger partial charge is 0.325 e. The maximum atomic E-state index is 12.3. The first-order valence-electron chi connectivity index (χ1n) is 8.64. The Kier molecular flexibility index (Phi) is 6.39. The van der Waals surface area contributed by atoms with Crippen molar-refractivity contribution in [1.29, 1.82) is 0 Å². The number of urea groups is 1. The van der Waals surface area contributed by atoms with Gasteiger partial charge in [0.05, 0.1) is 37.5 Å². The van der Waals surface area contributed by atoms with Gasteiger partial charge in [-0.05, 0) is 19.1 Å². The molecule has 0 saturated carbocycles. The number of anilines is 2. The molecular formula is C18H23N5O4. The number of nitrogens with zero attached hydrogens (tertiary/aromatic N) is 2. The quantitative estimate of drug-likeness (QED) is 0.709. The Morgan fingerprint density at radius 2 is 2.22 bits per heavy atom. The Labute approximate surface area is 157 Å². The lowest BCUT2D eigenvalue weighted by atomic mass is 10.2. The molecule has 0 radical (unpaired) electrons. The number of rotatable bonds is 6. The average molecular weight is 373 g/mol. The van der Waals surface area contributed by atoms with Gasteiger partial charge in [0.1, 0.15) is 24.2 Å². The fraction of sp³-hybridized carbons (Fsp3) is 0.389. The lowest BCUT2D eigenvalue weighted by molar-refractivity contribution is 0.000345. The van der Waals surface area contributed by atoms with Crippen LogP contribution in [0, 0.1) is 6.92 Å². The lowest BCUT2D eigenvalue weighted by Crippen LogP contribution is -2.41. The van der Waals surface area contributed by atoms with Gasteiger partial charge in [-0.2, -0.15) is 0 Å². The van der Waals surface area contributed by atoms with Crippen molar-refractivity contribution in [3.63, 3.8) is 0 Å². The van der Waals surface area contributed by atoms with E-state index in [2.05, 4.69) is 25.9 Å². The number of benzene rings is 1. The van der Waals surface area contributed by atoms with Crippen molar-refractivity contribution < 1.29 is 19.0 Å². The number of hydrogen-bond acceptors (Lipinski definition) is 7.